The highest BCUT2D eigenvalue weighted by Crippen LogP contribution is 2.55. The summed E-state index contributed by atoms with van der Waals surface area (Å²) in [6.07, 6.45) is -13.4. The Kier molecular flexibility index (Phi) is 7.50. The van der Waals surface area contributed by atoms with Crippen LogP contribution >= 0.6 is 22.6 Å². The molecule has 0 radical (unpaired) electrons. The Hall–Kier alpha value is -0.540. The number of hydrogen-bond donors (Lipinski definition) is 0. The van der Waals surface area contributed by atoms with Crippen LogP contribution in [0.25, 0.3) is 0 Å². The van der Waals surface area contributed by atoms with Crippen molar-refractivity contribution in [1.82, 2.24) is 0 Å². The second kappa shape index (κ2) is 9.00. The van der Waals surface area contributed by atoms with Crippen molar-refractivity contribution in [3.8, 4) is 0 Å². The fraction of sp³-hybridized carbons (Fsp3) is 0.727. The maximum absolute atomic E-state index is 14.4. The lowest BCUT2D eigenvalue weighted by atomic mass is 9.49. The number of alkyl halides is 6. The third kappa shape index (κ3) is 4.72. The zero-order valence-electron chi connectivity index (χ0n) is 21.2. The summed E-state index contributed by atoms with van der Waals surface area (Å²) in [7, 11) is -2.28. The molecule has 0 bridgehead atoms. The lowest BCUT2D eigenvalue weighted by Crippen LogP contribution is -2.62. The molecular formula is C22H29B2F6IO5. The first-order chi connectivity index (χ1) is 16.0. The van der Waals surface area contributed by atoms with Gasteiger partial charge in [-0.05, 0) is 90.1 Å². The SMILES string of the molecule is CC(OC(c1ccc(I)cc1)(C(F)(F)F)C(F)(F)F)C1(C)OB(B2OC(C)(C)C(C)(C)O2)OC1(C)C. The highest BCUT2D eigenvalue weighted by molar-refractivity contribution is 14.1. The van der Waals surface area contributed by atoms with Crippen molar-refractivity contribution < 1.29 is 49.7 Å². The van der Waals surface area contributed by atoms with E-state index in [1.807, 2.05) is 0 Å². The normalized spacial score (nSPS) is 27.0. The predicted molar refractivity (Wildman–Crippen MR) is 130 cm³/mol. The van der Waals surface area contributed by atoms with Crippen molar-refractivity contribution in [3.63, 3.8) is 0 Å². The molecule has 14 heteroatoms. The number of hydrogen-bond acceptors (Lipinski definition) is 5. The number of ether oxygens (including phenoxy) is 1. The molecule has 2 aliphatic rings. The molecule has 2 saturated heterocycles. The van der Waals surface area contributed by atoms with Crippen molar-refractivity contribution in [3.05, 3.63) is 33.4 Å². The van der Waals surface area contributed by atoms with Crippen LogP contribution in [0.4, 0.5) is 26.3 Å². The van der Waals surface area contributed by atoms with Gasteiger partial charge in [0.2, 0.25) is 0 Å². The Morgan fingerprint density at radius 1 is 0.722 bits per heavy atom. The van der Waals surface area contributed by atoms with Gasteiger partial charge in [0.05, 0.1) is 22.9 Å². The Balaban J connectivity index is 2.01. The summed E-state index contributed by atoms with van der Waals surface area (Å²) in [6, 6.07) is 3.85. The molecule has 0 N–H and O–H groups in total. The van der Waals surface area contributed by atoms with Crippen LogP contribution in [-0.4, -0.2) is 54.9 Å². The van der Waals surface area contributed by atoms with Gasteiger partial charge >= 0.3 is 26.4 Å². The fourth-order valence-corrected chi connectivity index (χ4v) is 4.62. The van der Waals surface area contributed by atoms with Gasteiger partial charge < -0.3 is 23.4 Å². The number of halogens is 7. The van der Waals surface area contributed by atoms with E-state index in [1.165, 1.54) is 20.8 Å². The molecule has 1 aromatic carbocycles. The average Bonchev–Trinajstić information content (AvgIpc) is 3.06. The van der Waals surface area contributed by atoms with Crippen LogP contribution in [0.2, 0.25) is 0 Å². The molecule has 0 aromatic heterocycles. The Bertz CT molecular complexity index is 939. The Morgan fingerprint density at radius 2 is 1.11 bits per heavy atom. The van der Waals surface area contributed by atoms with E-state index >= 15 is 0 Å². The molecule has 0 amide bonds. The lowest BCUT2D eigenvalue weighted by molar-refractivity contribution is -0.405. The van der Waals surface area contributed by atoms with Gasteiger partial charge in [0.15, 0.2) is 0 Å². The molecule has 3 rings (SSSR count). The smallest absolute Gasteiger partial charge is 0.405 e. The second-order valence-corrected chi connectivity index (χ2v) is 12.0. The first kappa shape index (κ1) is 30.0. The minimum Gasteiger partial charge on any atom is -0.405 e. The largest absolute Gasteiger partial charge is 0.489 e. The summed E-state index contributed by atoms with van der Waals surface area (Å²) in [5, 5.41) is 0. The number of benzene rings is 1. The lowest BCUT2D eigenvalue weighted by Gasteiger charge is -2.46. The van der Waals surface area contributed by atoms with E-state index < -0.39 is 66.0 Å². The zero-order chi connectivity index (χ0) is 27.8. The maximum atomic E-state index is 14.4. The molecule has 2 aliphatic heterocycles. The van der Waals surface area contributed by atoms with E-state index in [0.717, 1.165) is 31.2 Å². The molecule has 0 spiro atoms. The summed E-state index contributed by atoms with van der Waals surface area (Å²) in [6.45, 7) is 12.6. The molecular weight excluding hydrogens is 607 g/mol. The van der Waals surface area contributed by atoms with E-state index in [1.54, 1.807) is 50.3 Å². The van der Waals surface area contributed by atoms with Crippen molar-refractivity contribution >= 4 is 36.6 Å². The third-order valence-electron chi connectivity index (χ3n) is 7.64. The quantitative estimate of drug-likeness (QED) is 0.217. The van der Waals surface area contributed by atoms with Crippen molar-refractivity contribution in [2.75, 3.05) is 0 Å². The first-order valence-corrected chi connectivity index (χ1v) is 12.4. The second-order valence-electron chi connectivity index (χ2n) is 10.8. The highest BCUT2D eigenvalue weighted by atomic mass is 127. The van der Waals surface area contributed by atoms with Crippen LogP contribution < -0.4 is 0 Å². The highest BCUT2D eigenvalue weighted by Gasteiger charge is 2.75. The van der Waals surface area contributed by atoms with Crippen LogP contribution in [0.5, 0.6) is 0 Å². The van der Waals surface area contributed by atoms with Crippen molar-refractivity contribution in [2.24, 2.45) is 0 Å². The third-order valence-corrected chi connectivity index (χ3v) is 8.36. The molecule has 2 unspecified atom stereocenters. The number of rotatable bonds is 5. The molecule has 5 nitrogen and oxygen atoms in total. The van der Waals surface area contributed by atoms with Crippen molar-refractivity contribution in [2.45, 2.75) is 102 Å². The molecule has 1 aromatic rings. The van der Waals surface area contributed by atoms with E-state index in [2.05, 4.69) is 0 Å². The van der Waals surface area contributed by atoms with Crippen LogP contribution in [0.3, 0.4) is 0 Å². The van der Waals surface area contributed by atoms with Crippen LogP contribution in [0, 0.1) is 3.57 Å². The first-order valence-electron chi connectivity index (χ1n) is 11.3. The van der Waals surface area contributed by atoms with E-state index in [-0.39, 0.29) is 0 Å². The molecule has 2 atom stereocenters. The van der Waals surface area contributed by atoms with Gasteiger partial charge in [0.25, 0.3) is 5.60 Å². The molecule has 0 aliphatic carbocycles. The zero-order valence-corrected chi connectivity index (χ0v) is 23.4. The summed E-state index contributed by atoms with van der Waals surface area (Å²) in [4.78, 5) is 0. The Labute approximate surface area is 221 Å². The standard InChI is InChI=1S/C22H29B2F6IO5/c1-13(32-20(21(25,26)27,22(28,29)30)14-9-11-15(31)12-10-14)19(8)18(6,7)35-24(36-19)23-33-16(2,3)17(4,5)34-23/h9-13H,1-8H3. The molecule has 0 saturated carbocycles. The fourth-order valence-electron chi connectivity index (χ4n) is 4.26. The van der Waals surface area contributed by atoms with Gasteiger partial charge in [-0.2, -0.15) is 26.3 Å². The summed E-state index contributed by atoms with van der Waals surface area (Å²) < 4.78 is 115. The monoisotopic (exact) mass is 636 g/mol. The van der Waals surface area contributed by atoms with E-state index in [4.69, 9.17) is 23.4 Å². The van der Waals surface area contributed by atoms with Gasteiger partial charge in [-0.1, -0.05) is 12.1 Å². The topological polar surface area (TPSA) is 46.2 Å². The molecule has 2 heterocycles. The van der Waals surface area contributed by atoms with Crippen LogP contribution in [-0.2, 0) is 29.0 Å². The van der Waals surface area contributed by atoms with E-state index in [9.17, 15) is 26.3 Å². The van der Waals surface area contributed by atoms with Gasteiger partial charge in [0.1, 0.15) is 5.60 Å². The van der Waals surface area contributed by atoms with E-state index in [0.29, 0.717) is 3.57 Å². The van der Waals surface area contributed by atoms with Crippen LogP contribution in [0.1, 0.15) is 61.0 Å². The summed E-state index contributed by atoms with van der Waals surface area (Å²) in [5.74, 6) is 0. The Morgan fingerprint density at radius 3 is 1.53 bits per heavy atom. The van der Waals surface area contributed by atoms with Crippen LogP contribution in [0.15, 0.2) is 24.3 Å². The summed E-state index contributed by atoms with van der Waals surface area (Å²) in [5.41, 5.74) is -10.3. The maximum Gasteiger partial charge on any atom is 0.489 e. The minimum absolute atomic E-state index is 0.466. The molecule has 2 fully saturated rings. The van der Waals surface area contributed by atoms with Gasteiger partial charge in [-0.3, -0.25) is 0 Å². The predicted octanol–water partition coefficient (Wildman–Crippen LogP) is 6.26. The van der Waals surface area contributed by atoms with Crippen molar-refractivity contribution in [1.29, 1.82) is 0 Å². The van der Waals surface area contributed by atoms with Gasteiger partial charge in [0, 0.05) is 9.13 Å². The minimum atomic E-state index is -5.84. The summed E-state index contributed by atoms with van der Waals surface area (Å²) >= 11 is 1.79. The van der Waals surface area contributed by atoms with Gasteiger partial charge in [-0.25, -0.2) is 0 Å². The average molecular weight is 636 g/mol. The molecule has 202 valence electrons. The van der Waals surface area contributed by atoms with Gasteiger partial charge in [-0.15, -0.1) is 0 Å². The molecule has 36 heavy (non-hydrogen) atoms.